The number of likely N-dealkylation sites (tertiary alicyclic amines) is 1. The second-order valence-electron chi connectivity index (χ2n) is 7.30. The first kappa shape index (κ1) is 16.8. The van der Waals surface area contributed by atoms with Crippen LogP contribution in [0, 0.1) is 6.92 Å². The van der Waals surface area contributed by atoms with Gasteiger partial charge in [-0.25, -0.2) is 9.97 Å². The molecule has 0 aliphatic carbocycles. The van der Waals surface area contributed by atoms with Gasteiger partial charge in [0.25, 0.3) is 5.91 Å². The molecule has 0 saturated carbocycles. The van der Waals surface area contributed by atoms with Crippen LogP contribution in [0.2, 0.25) is 0 Å². The smallest absolute Gasteiger partial charge is 0.290 e. The predicted octanol–water partition coefficient (Wildman–Crippen LogP) is 3.69. The van der Waals surface area contributed by atoms with Crippen LogP contribution in [0.4, 0.5) is 0 Å². The Morgan fingerprint density at radius 2 is 2.25 bits per heavy atom. The molecule has 7 heteroatoms. The molecule has 7 nitrogen and oxygen atoms in total. The van der Waals surface area contributed by atoms with Gasteiger partial charge in [0.2, 0.25) is 0 Å². The zero-order chi connectivity index (χ0) is 19.1. The van der Waals surface area contributed by atoms with E-state index in [9.17, 15) is 4.79 Å². The molecule has 5 rings (SSSR count). The summed E-state index contributed by atoms with van der Waals surface area (Å²) in [5.74, 6) is 1.86. The predicted molar refractivity (Wildman–Crippen MR) is 104 cm³/mol. The summed E-state index contributed by atoms with van der Waals surface area (Å²) in [7, 11) is 0. The molecule has 1 aromatic carbocycles. The fraction of sp³-hybridized carbons (Fsp3) is 0.286. The van der Waals surface area contributed by atoms with Crippen molar-refractivity contribution in [2.45, 2.75) is 32.4 Å². The Morgan fingerprint density at radius 3 is 3.11 bits per heavy atom. The molecule has 1 aliphatic rings. The molecule has 3 aromatic heterocycles. The second-order valence-corrected chi connectivity index (χ2v) is 7.30. The Balaban J connectivity index is 1.38. The molecular weight excluding hydrogens is 354 g/mol. The van der Waals surface area contributed by atoms with Crippen molar-refractivity contribution in [2.75, 3.05) is 6.54 Å². The lowest BCUT2D eigenvalue weighted by molar-refractivity contribution is 0.0696. The summed E-state index contributed by atoms with van der Waals surface area (Å²) in [5, 5.41) is 0. The standard InChI is InChI=1S/C21H21N5O2/c1-14-4-6-16-17(11-14)24-20(23-16)18-3-2-9-26(18)21(27)19-7-5-15(28-19)12-25-10-8-22-13-25/h4-8,10-11,13,18H,2-3,9,12H2,1H3,(H,23,24)/t18-/m1/s1. The zero-order valence-corrected chi connectivity index (χ0v) is 15.6. The van der Waals surface area contributed by atoms with Crippen molar-refractivity contribution < 1.29 is 9.21 Å². The molecule has 1 saturated heterocycles. The zero-order valence-electron chi connectivity index (χ0n) is 15.6. The number of hydrogen-bond donors (Lipinski definition) is 1. The maximum atomic E-state index is 13.1. The Labute approximate surface area is 162 Å². The number of H-pyrrole nitrogens is 1. The molecule has 1 aliphatic heterocycles. The van der Waals surface area contributed by atoms with Crippen LogP contribution in [-0.4, -0.2) is 36.9 Å². The minimum Gasteiger partial charge on any atom is -0.454 e. The van der Waals surface area contributed by atoms with Gasteiger partial charge in [0.1, 0.15) is 11.6 Å². The van der Waals surface area contributed by atoms with E-state index < -0.39 is 0 Å². The van der Waals surface area contributed by atoms with Gasteiger partial charge < -0.3 is 18.9 Å². The SMILES string of the molecule is Cc1ccc2nc([C@H]3CCCN3C(=O)c3ccc(Cn4ccnc4)o3)[nH]c2c1. The van der Waals surface area contributed by atoms with Crippen molar-refractivity contribution in [2.24, 2.45) is 0 Å². The normalized spacial score (nSPS) is 16.9. The quantitative estimate of drug-likeness (QED) is 0.590. The van der Waals surface area contributed by atoms with E-state index in [-0.39, 0.29) is 11.9 Å². The van der Waals surface area contributed by atoms with Gasteiger partial charge in [0, 0.05) is 18.9 Å². The van der Waals surface area contributed by atoms with E-state index >= 15 is 0 Å². The van der Waals surface area contributed by atoms with Crippen LogP contribution >= 0.6 is 0 Å². The molecule has 1 fully saturated rings. The molecule has 142 valence electrons. The van der Waals surface area contributed by atoms with Gasteiger partial charge in [0.15, 0.2) is 5.76 Å². The highest BCUT2D eigenvalue weighted by atomic mass is 16.4. The highest BCUT2D eigenvalue weighted by Gasteiger charge is 2.34. The monoisotopic (exact) mass is 375 g/mol. The molecule has 1 amide bonds. The van der Waals surface area contributed by atoms with Gasteiger partial charge in [-0.05, 0) is 49.6 Å². The summed E-state index contributed by atoms with van der Waals surface area (Å²) in [6.45, 7) is 3.32. The topological polar surface area (TPSA) is 79.9 Å². The summed E-state index contributed by atoms with van der Waals surface area (Å²) in [6.07, 6.45) is 7.16. The van der Waals surface area contributed by atoms with Gasteiger partial charge in [-0.1, -0.05) is 6.07 Å². The number of aromatic amines is 1. The lowest BCUT2D eigenvalue weighted by Gasteiger charge is -2.22. The van der Waals surface area contributed by atoms with Crippen molar-refractivity contribution in [3.05, 3.63) is 72.0 Å². The van der Waals surface area contributed by atoms with Crippen molar-refractivity contribution >= 4 is 16.9 Å². The highest BCUT2D eigenvalue weighted by molar-refractivity contribution is 5.92. The molecule has 0 bridgehead atoms. The van der Waals surface area contributed by atoms with Crippen LogP contribution in [0.5, 0.6) is 0 Å². The number of aromatic nitrogens is 4. The summed E-state index contributed by atoms with van der Waals surface area (Å²) < 4.78 is 7.72. The fourth-order valence-electron chi connectivity index (χ4n) is 3.87. The molecule has 1 atom stereocenters. The van der Waals surface area contributed by atoms with E-state index in [1.807, 2.05) is 27.8 Å². The number of fused-ring (bicyclic) bond motifs is 1. The number of aryl methyl sites for hydroxylation is 1. The van der Waals surface area contributed by atoms with E-state index in [1.165, 1.54) is 5.56 Å². The number of nitrogens with one attached hydrogen (secondary N) is 1. The summed E-state index contributed by atoms with van der Waals surface area (Å²) >= 11 is 0. The van der Waals surface area contributed by atoms with Gasteiger partial charge in [-0.2, -0.15) is 0 Å². The van der Waals surface area contributed by atoms with E-state index in [4.69, 9.17) is 9.40 Å². The van der Waals surface area contributed by atoms with E-state index in [2.05, 4.69) is 29.0 Å². The van der Waals surface area contributed by atoms with Crippen LogP contribution in [0.3, 0.4) is 0 Å². The summed E-state index contributed by atoms with van der Waals surface area (Å²) in [6, 6.07) is 9.70. The molecule has 28 heavy (non-hydrogen) atoms. The third-order valence-electron chi connectivity index (χ3n) is 5.26. The summed E-state index contributed by atoms with van der Waals surface area (Å²) in [5.41, 5.74) is 3.12. The Kier molecular flexibility index (Phi) is 4.00. The first-order valence-corrected chi connectivity index (χ1v) is 9.49. The van der Waals surface area contributed by atoms with Crippen LogP contribution in [-0.2, 0) is 6.54 Å². The van der Waals surface area contributed by atoms with Crippen molar-refractivity contribution in [3.8, 4) is 0 Å². The average Bonchev–Trinajstić information content (AvgIpc) is 3.47. The molecule has 0 unspecified atom stereocenters. The minimum atomic E-state index is -0.0870. The lowest BCUT2D eigenvalue weighted by atomic mass is 10.2. The Bertz CT molecular complexity index is 1130. The molecule has 1 N–H and O–H groups in total. The van der Waals surface area contributed by atoms with Crippen LogP contribution in [0.1, 0.15) is 46.6 Å². The van der Waals surface area contributed by atoms with Crippen molar-refractivity contribution in [1.82, 2.24) is 24.4 Å². The number of hydrogen-bond acceptors (Lipinski definition) is 4. The third kappa shape index (κ3) is 2.98. The summed E-state index contributed by atoms with van der Waals surface area (Å²) in [4.78, 5) is 27.1. The number of amides is 1. The number of rotatable bonds is 4. The third-order valence-corrected chi connectivity index (χ3v) is 5.26. The van der Waals surface area contributed by atoms with E-state index in [0.717, 1.165) is 35.5 Å². The minimum absolute atomic E-state index is 0.0533. The van der Waals surface area contributed by atoms with E-state index in [0.29, 0.717) is 18.8 Å². The van der Waals surface area contributed by atoms with Gasteiger partial charge in [-0.3, -0.25) is 4.79 Å². The van der Waals surface area contributed by atoms with Crippen LogP contribution in [0.15, 0.2) is 53.5 Å². The first-order chi connectivity index (χ1) is 13.7. The fourth-order valence-corrected chi connectivity index (χ4v) is 3.87. The van der Waals surface area contributed by atoms with Crippen molar-refractivity contribution in [1.29, 1.82) is 0 Å². The number of nitrogens with zero attached hydrogens (tertiary/aromatic N) is 4. The maximum absolute atomic E-state index is 13.1. The molecular formula is C21H21N5O2. The van der Waals surface area contributed by atoms with Gasteiger partial charge in [0.05, 0.1) is 29.9 Å². The lowest BCUT2D eigenvalue weighted by Crippen LogP contribution is -2.30. The Hall–Kier alpha value is -3.35. The first-order valence-electron chi connectivity index (χ1n) is 9.49. The molecule has 0 spiro atoms. The second kappa shape index (κ2) is 6.67. The molecule has 4 aromatic rings. The average molecular weight is 375 g/mol. The number of benzene rings is 1. The van der Waals surface area contributed by atoms with Gasteiger partial charge >= 0.3 is 0 Å². The number of carbonyl (C=O) groups is 1. The van der Waals surface area contributed by atoms with Crippen molar-refractivity contribution in [3.63, 3.8) is 0 Å². The Morgan fingerprint density at radius 1 is 1.32 bits per heavy atom. The van der Waals surface area contributed by atoms with Crippen LogP contribution in [0.25, 0.3) is 11.0 Å². The maximum Gasteiger partial charge on any atom is 0.290 e. The molecule has 4 heterocycles. The number of carbonyl (C=O) groups excluding carboxylic acids is 1. The van der Waals surface area contributed by atoms with Gasteiger partial charge in [-0.15, -0.1) is 0 Å². The van der Waals surface area contributed by atoms with Crippen LogP contribution < -0.4 is 0 Å². The largest absolute Gasteiger partial charge is 0.454 e. The molecule has 0 radical (unpaired) electrons. The highest BCUT2D eigenvalue weighted by Crippen LogP contribution is 2.33. The van der Waals surface area contributed by atoms with E-state index in [1.54, 1.807) is 18.6 Å². The number of imidazole rings is 2. The number of furan rings is 1.